The van der Waals surface area contributed by atoms with Gasteiger partial charge in [0.2, 0.25) is 0 Å². The Labute approximate surface area is 181 Å². The van der Waals surface area contributed by atoms with E-state index in [9.17, 15) is 9.59 Å². The third-order valence-electron chi connectivity index (χ3n) is 4.78. The maximum absolute atomic E-state index is 12.5. The Morgan fingerprint density at radius 2 is 1.89 bits per heavy atom. The number of aryl methyl sites for hydroxylation is 1. The number of carbonyl (C=O) groups excluding carboxylic acids is 2. The van der Waals surface area contributed by atoms with Crippen LogP contribution in [0.4, 0.5) is 5.69 Å². The minimum absolute atomic E-state index is 0.0365. The molecule has 1 amide bonds. The Bertz CT molecular complexity index is 908. The fraction of sp³-hybridized carbons (Fsp3) is 0.368. The molecule has 1 aromatic heterocycles. The predicted octanol–water partition coefficient (Wildman–Crippen LogP) is 4.58. The van der Waals surface area contributed by atoms with Crippen LogP contribution in [-0.4, -0.2) is 43.1 Å². The number of aromatic amines is 1. The highest BCUT2D eigenvalue weighted by atomic mass is 79.9. The first kappa shape index (κ1) is 21.0. The number of rotatable bonds is 4. The summed E-state index contributed by atoms with van der Waals surface area (Å²) >= 11 is 15.6. The van der Waals surface area contributed by atoms with Crippen LogP contribution in [0.25, 0.3) is 0 Å². The molecule has 1 saturated heterocycles. The van der Waals surface area contributed by atoms with Crippen molar-refractivity contribution in [1.82, 2.24) is 10.3 Å². The van der Waals surface area contributed by atoms with E-state index in [0.717, 1.165) is 36.1 Å². The van der Waals surface area contributed by atoms with Crippen LogP contribution in [0, 0.1) is 6.92 Å². The monoisotopic (exact) mass is 487 g/mol. The van der Waals surface area contributed by atoms with Crippen LogP contribution in [0.3, 0.4) is 0 Å². The van der Waals surface area contributed by atoms with Gasteiger partial charge in [-0.25, -0.2) is 4.79 Å². The molecular formula is C19H20BrCl2N3O3. The number of carbonyl (C=O) groups is 2. The lowest BCUT2D eigenvalue weighted by atomic mass is 10.0. The van der Waals surface area contributed by atoms with E-state index in [1.165, 1.54) is 7.11 Å². The molecule has 1 aliphatic heterocycles. The summed E-state index contributed by atoms with van der Waals surface area (Å²) in [5.74, 6) is -0.629. The summed E-state index contributed by atoms with van der Waals surface area (Å²) in [5, 5.41) is 3.64. The minimum atomic E-state index is -0.374. The van der Waals surface area contributed by atoms with Crippen LogP contribution in [0.1, 0.15) is 39.4 Å². The van der Waals surface area contributed by atoms with E-state index in [-0.39, 0.29) is 22.9 Å². The van der Waals surface area contributed by atoms with Crippen LogP contribution in [0.15, 0.2) is 22.7 Å². The van der Waals surface area contributed by atoms with Crippen molar-refractivity contribution in [1.29, 1.82) is 0 Å². The molecule has 0 bridgehead atoms. The van der Waals surface area contributed by atoms with Crippen LogP contribution >= 0.6 is 39.1 Å². The number of H-pyrrole nitrogens is 1. The van der Waals surface area contributed by atoms with Crippen molar-refractivity contribution in [2.24, 2.45) is 0 Å². The summed E-state index contributed by atoms with van der Waals surface area (Å²) in [4.78, 5) is 29.4. The lowest BCUT2D eigenvalue weighted by Crippen LogP contribution is -2.44. The second-order valence-corrected chi connectivity index (χ2v) is 8.35. The predicted molar refractivity (Wildman–Crippen MR) is 114 cm³/mol. The van der Waals surface area contributed by atoms with E-state index in [1.807, 2.05) is 12.1 Å². The number of hydrogen-bond donors (Lipinski definition) is 2. The summed E-state index contributed by atoms with van der Waals surface area (Å²) in [6.07, 6.45) is 1.55. The van der Waals surface area contributed by atoms with Gasteiger partial charge in [-0.2, -0.15) is 0 Å². The first-order valence-corrected chi connectivity index (χ1v) is 10.3. The number of halogens is 3. The van der Waals surface area contributed by atoms with Gasteiger partial charge >= 0.3 is 5.97 Å². The van der Waals surface area contributed by atoms with Crippen molar-refractivity contribution in [3.8, 4) is 0 Å². The van der Waals surface area contributed by atoms with Gasteiger partial charge < -0.3 is 19.9 Å². The summed E-state index contributed by atoms with van der Waals surface area (Å²) in [6, 6.07) is 5.55. The first-order chi connectivity index (χ1) is 13.3. The van der Waals surface area contributed by atoms with E-state index in [4.69, 9.17) is 27.9 Å². The molecule has 2 heterocycles. The average Bonchev–Trinajstić information content (AvgIpc) is 2.95. The van der Waals surface area contributed by atoms with Crippen molar-refractivity contribution in [2.45, 2.75) is 25.8 Å². The molecule has 3 rings (SSSR count). The molecule has 2 N–H and O–H groups in total. The molecular weight excluding hydrogens is 469 g/mol. The molecule has 1 aromatic carbocycles. The van der Waals surface area contributed by atoms with Gasteiger partial charge in [0.15, 0.2) is 0 Å². The highest BCUT2D eigenvalue weighted by Gasteiger charge is 2.25. The van der Waals surface area contributed by atoms with Crippen molar-refractivity contribution < 1.29 is 14.3 Å². The largest absolute Gasteiger partial charge is 0.465 e. The van der Waals surface area contributed by atoms with Crippen LogP contribution in [-0.2, 0) is 4.74 Å². The topological polar surface area (TPSA) is 74.4 Å². The zero-order valence-electron chi connectivity index (χ0n) is 15.4. The fourth-order valence-electron chi connectivity index (χ4n) is 3.26. The van der Waals surface area contributed by atoms with Crippen molar-refractivity contribution in [3.05, 3.63) is 49.7 Å². The number of anilines is 1. The molecule has 28 heavy (non-hydrogen) atoms. The number of hydrogen-bond acceptors (Lipinski definition) is 4. The number of aromatic nitrogens is 1. The molecule has 0 radical (unpaired) electrons. The van der Waals surface area contributed by atoms with Crippen LogP contribution in [0.2, 0.25) is 10.0 Å². The quantitative estimate of drug-likeness (QED) is 0.618. The van der Waals surface area contributed by atoms with Gasteiger partial charge in [-0.3, -0.25) is 4.79 Å². The molecule has 1 fully saturated rings. The van der Waals surface area contributed by atoms with Crippen molar-refractivity contribution >= 4 is 56.7 Å². The smallest absolute Gasteiger partial charge is 0.337 e. The minimum Gasteiger partial charge on any atom is -0.465 e. The molecule has 1 aliphatic rings. The lowest BCUT2D eigenvalue weighted by Gasteiger charge is -2.34. The number of ether oxygens (including phenoxy) is 1. The number of nitrogens with zero attached hydrogens (tertiary/aromatic N) is 1. The lowest BCUT2D eigenvalue weighted by molar-refractivity contribution is 0.0600. The molecule has 2 aromatic rings. The molecule has 9 heteroatoms. The zero-order valence-corrected chi connectivity index (χ0v) is 18.5. The summed E-state index contributed by atoms with van der Waals surface area (Å²) < 4.78 is 5.62. The van der Waals surface area contributed by atoms with E-state index in [0.29, 0.717) is 22.0 Å². The average molecular weight is 489 g/mol. The SMILES string of the molecule is COC(=O)c1cc(Br)cc(N2CCC(NC(=O)c3[nH]c(C)c(Cl)c3Cl)CC2)c1. The van der Waals surface area contributed by atoms with E-state index >= 15 is 0 Å². The number of benzene rings is 1. The second kappa shape index (κ2) is 8.76. The maximum atomic E-state index is 12.5. The first-order valence-electron chi connectivity index (χ1n) is 8.78. The highest BCUT2D eigenvalue weighted by molar-refractivity contribution is 9.10. The van der Waals surface area contributed by atoms with E-state index in [1.54, 1.807) is 13.0 Å². The van der Waals surface area contributed by atoms with E-state index in [2.05, 4.69) is 31.1 Å². The van der Waals surface area contributed by atoms with Gasteiger partial charge in [0, 0.05) is 35.0 Å². The Hall–Kier alpha value is -1.70. The Balaban J connectivity index is 1.63. The number of nitrogens with one attached hydrogen (secondary N) is 2. The maximum Gasteiger partial charge on any atom is 0.337 e. The van der Waals surface area contributed by atoms with Gasteiger partial charge in [0.05, 0.1) is 22.7 Å². The molecule has 0 atom stereocenters. The number of amides is 1. The normalized spacial score (nSPS) is 14.8. The molecule has 0 unspecified atom stereocenters. The second-order valence-electron chi connectivity index (χ2n) is 6.68. The molecule has 0 spiro atoms. The van der Waals surface area contributed by atoms with Crippen LogP contribution in [0.5, 0.6) is 0 Å². The van der Waals surface area contributed by atoms with Gasteiger partial charge in [-0.05, 0) is 38.0 Å². The fourth-order valence-corrected chi connectivity index (χ4v) is 4.16. The molecule has 6 nitrogen and oxygen atoms in total. The van der Waals surface area contributed by atoms with Crippen molar-refractivity contribution in [2.75, 3.05) is 25.1 Å². The Morgan fingerprint density at radius 1 is 1.21 bits per heavy atom. The van der Waals surface area contributed by atoms with Crippen molar-refractivity contribution in [3.63, 3.8) is 0 Å². The number of methoxy groups -OCH3 is 1. The van der Waals surface area contributed by atoms with Gasteiger partial charge in [-0.1, -0.05) is 39.1 Å². The third kappa shape index (κ3) is 4.47. The van der Waals surface area contributed by atoms with Gasteiger partial charge in [0.1, 0.15) is 5.69 Å². The Kier molecular flexibility index (Phi) is 6.58. The molecule has 0 saturated carbocycles. The van der Waals surface area contributed by atoms with Gasteiger partial charge in [-0.15, -0.1) is 0 Å². The standard InChI is InChI=1S/C19H20BrCl2N3O3/c1-10-15(21)16(22)17(23-10)18(26)24-13-3-5-25(6-4-13)14-8-11(19(27)28-2)7-12(20)9-14/h7-9,13,23H,3-6H2,1-2H3,(H,24,26). The summed E-state index contributed by atoms with van der Waals surface area (Å²) in [7, 11) is 1.36. The molecule has 0 aliphatic carbocycles. The zero-order chi connectivity index (χ0) is 20.4. The van der Waals surface area contributed by atoms with Crippen LogP contribution < -0.4 is 10.2 Å². The Morgan fingerprint density at radius 3 is 2.46 bits per heavy atom. The number of piperidine rings is 1. The summed E-state index contributed by atoms with van der Waals surface area (Å²) in [5.41, 5.74) is 2.40. The highest BCUT2D eigenvalue weighted by Crippen LogP contribution is 2.30. The summed E-state index contributed by atoms with van der Waals surface area (Å²) in [6.45, 7) is 3.27. The molecule has 150 valence electrons. The van der Waals surface area contributed by atoms with Gasteiger partial charge in [0.25, 0.3) is 5.91 Å². The third-order valence-corrected chi connectivity index (χ3v) is 6.18. The number of esters is 1. The van der Waals surface area contributed by atoms with E-state index < -0.39 is 0 Å².